The quantitative estimate of drug-likeness (QED) is 0.878. The van der Waals surface area contributed by atoms with Crippen LogP contribution in [0.5, 0.6) is 0 Å². The molecule has 7 heteroatoms. The van der Waals surface area contributed by atoms with Crippen molar-refractivity contribution in [3.05, 3.63) is 29.3 Å². The van der Waals surface area contributed by atoms with Crippen LogP contribution in [0.2, 0.25) is 0 Å². The van der Waals surface area contributed by atoms with Gasteiger partial charge in [0.25, 0.3) is 0 Å². The van der Waals surface area contributed by atoms with Crippen LogP contribution in [0.15, 0.2) is 18.2 Å². The zero-order valence-corrected chi connectivity index (χ0v) is 11.7. The highest BCUT2D eigenvalue weighted by Crippen LogP contribution is 2.31. The van der Waals surface area contributed by atoms with Gasteiger partial charge in [-0.05, 0) is 31.5 Å². The van der Waals surface area contributed by atoms with Crippen molar-refractivity contribution in [2.24, 2.45) is 0 Å². The van der Waals surface area contributed by atoms with E-state index in [9.17, 15) is 18.0 Å². The van der Waals surface area contributed by atoms with Crippen molar-refractivity contribution >= 4 is 11.6 Å². The summed E-state index contributed by atoms with van der Waals surface area (Å²) in [4.78, 5) is 11.7. The lowest BCUT2D eigenvalue weighted by atomic mass is 10.1. The van der Waals surface area contributed by atoms with E-state index in [0.717, 1.165) is 24.6 Å². The summed E-state index contributed by atoms with van der Waals surface area (Å²) in [5.74, 6) is -0.411. The monoisotopic (exact) mass is 299 g/mol. The third-order valence-corrected chi connectivity index (χ3v) is 2.96. The third kappa shape index (κ3) is 5.08. The average Bonchev–Trinajstić information content (AvgIpc) is 2.43. The smallest absolute Gasteiger partial charge is 0.324 e. The maximum atomic E-state index is 12.5. The van der Waals surface area contributed by atoms with Crippen molar-refractivity contribution in [3.63, 3.8) is 0 Å². The topological polar surface area (TPSA) is 64.9 Å². The maximum absolute atomic E-state index is 12.5. The summed E-state index contributed by atoms with van der Waals surface area (Å²) >= 11 is 0. The zero-order valence-electron chi connectivity index (χ0n) is 11.7. The average molecular weight is 299 g/mol. The Morgan fingerprint density at radius 1 is 1.43 bits per heavy atom. The first-order valence-corrected chi connectivity index (χ1v) is 6.42. The standard InChI is InChI=1S/C14H16F3N3O/c1-3-9(2)19-8-13(21)20-12-5-4-11(14(15,16)17)6-10(12)7-18/h4-6,9,19H,3,8H2,1-2H3,(H,20,21). The second-order valence-electron chi connectivity index (χ2n) is 4.61. The van der Waals surface area contributed by atoms with Crippen LogP contribution >= 0.6 is 0 Å². The minimum Gasteiger partial charge on any atom is -0.324 e. The lowest BCUT2D eigenvalue weighted by molar-refractivity contribution is -0.137. The summed E-state index contributed by atoms with van der Waals surface area (Å²) in [5.41, 5.74) is -1.07. The van der Waals surface area contributed by atoms with E-state index < -0.39 is 17.6 Å². The fourth-order valence-electron chi connectivity index (χ4n) is 1.53. The molecule has 0 aliphatic carbocycles. The lowest BCUT2D eigenvalue weighted by Gasteiger charge is -2.13. The number of halogens is 3. The highest BCUT2D eigenvalue weighted by Gasteiger charge is 2.31. The Kier molecular flexibility index (Phi) is 5.73. The number of carbonyl (C=O) groups is 1. The predicted molar refractivity (Wildman–Crippen MR) is 72.5 cm³/mol. The first-order chi connectivity index (χ1) is 9.77. The molecule has 21 heavy (non-hydrogen) atoms. The number of rotatable bonds is 5. The predicted octanol–water partition coefficient (Wildman–Crippen LogP) is 2.90. The van der Waals surface area contributed by atoms with Gasteiger partial charge in [-0.2, -0.15) is 18.4 Å². The number of alkyl halides is 3. The van der Waals surface area contributed by atoms with Crippen LogP contribution in [0.25, 0.3) is 0 Å². The molecule has 0 fully saturated rings. The van der Waals surface area contributed by atoms with E-state index in [4.69, 9.17) is 5.26 Å². The lowest BCUT2D eigenvalue weighted by Crippen LogP contribution is -2.34. The van der Waals surface area contributed by atoms with Crippen LogP contribution < -0.4 is 10.6 Å². The molecule has 1 amide bonds. The van der Waals surface area contributed by atoms with Crippen LogP contribution in [0, 0.1) is 11.3 Å². The Morgan fingerprint density at radius 2 is 2.10 bits per heavy atom. The SMILES string of the molecule is CCC(C)NCC(=O)Nc1ccc(C(F)(F)F)cc1C#N. The molecule has 0 aliphatic heterocycles. The number of carbonyl (C=O) groups excluding carboxylic acids is 1. The number of hydrogen-bond donors (Lipinski definition) is 2. The molecule has 0 spiro atoms. The van der Waals surface area contributed by atoms with Gasteiger partial charge < -0.3 is 10.6 Å². The number of anilines is 1. The second-order valence-corrected chi connectivity index (χ2v) is 4.61. The first-order valence-electron chi connectivity index (χ1n) is 6.42. The molecule has 4 nitrogen and oxygen atoms in total. The summed E-state index contributed by atoms with van der Waals surface area (Å²) in [5, 5.41) is 14.3. The Morgan fingerprint density at radius 3 is 2.62 bits per heavy atom. The van der Waals surface area contributed by atoms with Crippen LogP contribution in [-0.2, 0) is 11.0 Å². The normalized spacial score (nSPS) is 12.6. The van der Waals surface area contributed by atoms with Gasteiger partial charge in [-0.25, -0.2) is 0 Å². The molecule has 1 aromatic rings. The van der Waals surface area contributed by atoms with Crippen LogP contribution in [0.4, 0.5) is 18.9 Å². The maximum Gasteiger partial charge on any atom is 0.416 e. The third-order valence-electron chi connectivity index (χ3n) is 2.96. The van der Waals surface area contributed by atoms with E-state index in [2.05, 4.69) is 10.6 Å². The number of amides is 1. The van der Waals surface area contributed by atoms with Crippen molar-refractivity contribution in [1.82, 2.24) is 5.32 Å². The highest BCUT2D eigenvalue weighted by molar-refractivity contribution is 5.93. The van der Waals surface area contributed by atoms with Gasteiger partial charge in [0.15, 0.2) is 0 Å². The van der Waals surface area contributed by atoms with Crippen LogP contribution in [0.1, 0.15) is 31.4 Å². The molecule has 0 saturated heterocycles. The molecular formula is C14H16F3N3O. The number of benzene rings is 1. The van der Waals surface area contributed by atoms with Crippen molar-refractivity contribution in [3.8, 4) is 6.07 Å². The molecule has 0 heterocycles. The molecule has 0 aliphatic rings. The minimum absolute atomic E-state index is 0.0287. The van der Waals surface area contributed by atoms with E-state index in [1.54, 1.807) is 6.07 Å². The Balaban J connectivity index is 2.80. The molecule has 1 rings (SSSR count). The summed E-state index contributed by atoms with van der Waals surface area (Å²) in [6, 6.07) is 4.44. The van der Waals surface area contributed by atoms with Crippen molar-refractivity contribution in [1.29, 1.82) is 5.26 Å². The molecule has 1 atom stereocenters. The fourth-order valence-corrected chi connectivity index (χ4v) is 1.53. The summed E-state index contributed by atoms with van der Waals surface area (Å²) in [6.07, 6.45) is -3.68. The Hall–Kier alpha value is -2.07. The van der Waals surface area contributed by atoms with Gasteiger partial charge in [0, 0.05) is 6.04 Å². The minimum atomic E-state index is -4.52. The first kappa shape index (κ1) is 17.0. The van der Waals surface area contributed by atoms with Gasteiger partial charge in [0.2, 0.25) is 5.91 Å². The van der Waals surface area contributed by atoms with Gasteiger partial charge >= 0.3 is 6.18 Å². The van der Waals surface area contributed by atoms with Crippen LogP contribution in [-0.4, -0.2) is 18.5 Å². The zero-order chi connectivity index (χ0) is 16.0. The van der Waals surface area contributed by atoms with Gasteiger partial charge in [-0.15, -0.1) is 0 Å². The van der Waals surface area contributed by atoms with E-state index in [0.29, 0.717) is 0 Å². The largest absolute Gasteiger partial charge is 0.416 e. The summed E-state index contributed by atoms with van der Waals surface area (Å²) in [7, 11) is 0. The van der Waals surface area contributed by atoms with Crippen molar-refractivity contribution in [2.75, 3.05) is 11.9 Å². The summed E-state index contributed by atoms with van der Waals surface area (Å²) < 4.78 is 37.6. The molecule has 1 unspecified atom stereocenters. The molecule has 0 aromatic heterocycles. The molecule has 0 saturated carbocycles. The Bertz CT molecular complexity index is 549. The van der Waals surface area contributed by atoms with E-state index in [1.807, 2.05) is 13.8 Å². The molecule has 0 radical (unpaired) electrons. The molecule has 2 N–H and O–H groups in total. The van der Waals surface area contributed by atoms with Crippen molar-refractivity contribution in [2.45, 2.75) is 32.5 Å². The summed E-state index contributed by atoms with van der Waals surface area (Å²) in [6.45, 7) is 3.90. The fraction of sp³-hybridized carbons (Fsp3) is 0.429. The van der Waals surface area contributed by atoms with E-state index >= 15 is 0 Å². The number of nitrogens with zero attached hydrogens (tertiary/aromatic N) is 1. The van der Waals surface area contributed by atoms with Crippen molar-refractivity contribution < 1.29 is 18.0 Å². The van der Waals surface area contributed by atoms with Gasteiger partial charge in [-0.3, -0.25) is 4.79 Å². The highest BCUT2D eigenvalue weighted by atomic mass is 19.4. The molecular weight excluding hydrogens is 283 g/mol. The molecule has 114 valence electrons. The van der Waals surface area contributed by atoms with Gasteiger partial charge in [0.05, 0.1) is 23.4 Å². The second kappa shape index (κ2) is 7.09. The Labute approximate surface area is 121 Å². The molecule has 1 aromatic carbocycles. The van der Waals surface area contributed by atoms with Gasteiger partial charge in [0.1, 0.15) is 6.07 Å². The van der Waals surface area contributed by atoms with E-state index in [-0.39, 0.29) is 23.8 Å². The van der Waals surface area contributed by atoms with E-state index in [1.165, 1.54) is 0 Å². The van der Waals surface area contributed by atoms with Crippen LogP contribution in [0.3, 0.4) is 0 Å². The molecule has 0 bridgehead atoms. The number of hydrogen-bond acceptors (Lipinski definition) is 3. The number of nitriles is 1. The number of nitrogens with one attached hydrogen (secondary N) is 2. The van der Waals surface area contributed by atoms with Gasteiger partial charge in [-0.1, -0.05) is 6.92 Å².